The van der Waals surface area contributed by atoms with Crippen LogP contribution in [0, 0.1) is 0 Å². The molecule has 0 spiro atoms. The minimum Gasteiger partial charge on any atom is -0.324 e. The first kappa shape index (κ1) is 17.1. The first-order valence-corrected chi connectivity index (χ1v) is 9.25. The number of aromatic nitrogens is 1. The molecule has 1 atom stereocenters. The van der Waals surface area contributed by atoms with Crippen molar-refractivity contribution in [3.8, 4) is 0 Å². The molecular formula is C18H18BrN3OS. The third kappa shape index (κ3) is 3.83. The fraction of sp³-hybridized carbons (Fsp3) is 0.222. The lowest BCUT2D eigenvalue weighted by molar-refractivity contribution is -0.117. The van der Waals surface area contributed by atoms with Gasteiger partial charge in [0.05, 0.1) is 28.5 Å². The van der Waals surface area contributed by atoms with Crippen molar-refractivity contribution in [1.82, 2.24) is 9.88 Å². The molecule has 0 saturated carbocycles. The van der Waals surface area contributed by atoms with Crippen molar-refractivity contribution >= 4 is 49.1 Å². The Labute approximate surface area is 153 Å². The molecule has 4 nitrogen and oxygen atoms in total. The van der Waals surface area contributed by atoms with E-state index in [4.69, 9.17) is 0 Å². The Morgan fingerprint density at radius 3 is 2.71 bits per heavy atom. The summed E-state index contributed by atoms with van der Waals surface area (Å²) in [6, 6.07) is 15.8. The molecule has 2 aromatic carbocycles. The molecule has 0 bridgehead atoms. The van der Waals surface area contributed by atoms with Crippen molar-refractivity contribution in [2.24, 2.45) is 0 Å². The van der Waals surface area contributed by atoms with Crippen molar-refractivity contribution in [3.63, 3.8) is 0 Å². The van der Waals surface area contributed by atoms with Gasteiger partial charge in [-0.05, 0) is 54.2 Å². The summed E-state index contributed by atoms with van der Waals surface area (Å²) in [5.41, 5.74) is 1.79. The molecule has 3 rings (SSSR count). The molecule has 0 unspecified atom stereocenters. The van der Waals surface area contributed by atoms with Crippen LogP contribution >= 0.6 is 27.3 Å². The van der Waals surface area contributed by atoms with Crippen molar-refractivity contribution in [3.05, 3.63) is 58.0 Å². The summed E-state index contributed by atoms with van der Waals surface area (Å²) in [5, 5.41) is 3.95. The zero-order chi connectivity index (χ0) is 17.1. The number of hydrogen-bond donors (Lipinski definition) is 1. The van der Waals surface area contributed by atoms with Crippen molar-refractivity contribution in [2.75, 3.05) is 18.9 Å². The highest BCUT2D eigenvalue weighted by Crippen LogP contribution is 2.28. The Hall–Kier alpha value is -1.76. The summed E-state index contributed by atoms with van der Waals surface area (Å²) in [7, 11) is 1.94. The number of fused-ring (bicyclic) bond motifs is 1. The molecule has 24 heavy (non-hydrogen) atoms. The van der Waals surface area contributed by atoms with Gasteiger partial charge in [0.25, 0.3) is 0 Å². The van der Waals surface area contributed by atoms with Gasteiger partial charge in [0.2, 0.25) is 5.91 Å². The number of thiazole rings is 1. The van der Waals surface area contributed by atoms with Gasteiger partial charge >= 0.3 is 0 Å². The molecule has 3 aromatic rings. The minimum atomic E-state index is -0.0441. The van der Waals surface area contributed by atoms with Crippen molar-refractivity contribution in [1.29, 1.82) is 0 Å². The van der Waals surface area contributed by atoms with Gasteiger partial charge in [0.15, 0.2) is 0 Å². The second kappa shape index (κ2) is 7.42. The zero-order valence-corrected chi connectivity index (χ0v) is 15.9. The van der Waals surface area contributed by atoms with Crippen LogP contribution in [0.25, 0.3) is 10.2 Å². The summed E-state index contributed by atoms with van der Waals surface area (Å²) in [5.74, 6) is -0.0441. The van der Waals surface area contributed by atoms with Gasteiger partial charge in [-0.2, -0.15) is 0 Å². The van der Waals surface area contributed by atoms with Gasteiger partial charge in [-0.25, -0.2) is 4.98 Å². The number of likely N-dealkylation sites (N-methyl/N-ethyl adjacent to an activating group) is 1. The van der Waals surface area contributed by atoms with E-state index < -0.39 is 0 Å². The Bertz CT molecular complexity index is 831. The third-order valence-corrected chi connectivity index (χ3v) is 5.77. The minimum absolute atomic E-state index is 0.0441. The van der Waals surface area contributed by atoms with Crippen LogP contribution in [0.2, 0.25) is 0 Å². The number of halogens is 1. The SMILES string of the molecule is C[C@H](c1nc2ccccc2s1)N(C)CC(=O)Nc1ccccc1Br. The van der Waals surface area contributed by atoms with E-state index in [0.29, 0.717) is 6.54 Å². The number of nitrogens with one attached hydrogen (secondary N) is 1. The van der Waals surface area contributed by atoms with Crippen molar-refractivity contribution < 1.29 is 4.79 Å². The van der Waals surface area contributed by atoms with E-state index in [0.717, 1.165) is 20.7 Å². The molecule has 0 aliphatic carbocycles. The molecule has 0 aliphatic heterocycles. The smallest absolute Gasteiger partial charge is 0.238 e. The topological polar surface area (TPSA) is 45.2 Å². The molecule has 1 heterocycles. The maximum absolute atomic E-state index is 12.3. The Balaban J connectivity index is 1.66. The normalized spacial score (nSPS) is 12.5. The maximum Gasteiger partial charge on any atom is 0.238 e. The van der Waals surface area contributed by atoms with Gasteiger partial charge < -0.3 is 5.32 Å². The molecular weight excluding hydrogens is 386 g/mol. The highest BCUT2D eigenvalue weighted by Gasteiger charge is 2.18. The number of carbonyl (C=O) groups excluding carboxylic acids is 1. The Kier molecular flexibility index (Phi) is 5.28. The Morgan fingerprint density at radius 2 is 1.96 bits per heavy atom. The summed E-state index contributed by atoms with van der Waals surface area (Å²) >= 11 is 5.11. The predicted octanol–water partition coefficient (Wildman–Crippen LogP) is 4.69. The fourth-order valence-electron chi connectivity index (χ4n) is 2.37. The lowest BCUT2D eigenvalue weighted by atomic mass is 10.3. The first-order valence-electron chi connectivity index (χ1n) is 7.64. The first-order chi connectivity index (χ1) is 11.5. The summed E-state index contributed by atoms with van der Waals surface area (Å²) in [6.07, 6.45) is 0. The van der Waals surface area contributed by atoms with Gasteiger partial charge in [-0.3, -0.25) is 9.69 Å². The largest absolute Gasteiger partial charge is 0.324 e. The zero-order valence-electron chi connectivity index (χ0n) is 13.5. The highest BCUT2D eigenvalue weighted by molar-refractivity contribution is 9.10. The summed E-state index contributed by atoms with van der Waals surface area (Å²) in [4.78, 5) is 19.0. The third-order valence-electron chi connectivity index (χ3n) is 3.87. The van der Waals surface area contributed by atoms with Crippen LogP contribution in [-0.4, -0.2) is 29.4 Å². The molecule has 0 saturated heterocycles. The molecule has 0 aliphatic rings. The number of benzene rings is 2. The average molecular weight is 404 g/mol. The number of carbonyl (C=O) groups is 1. The molecule has 124 valence electrons. The monoisotopic (exact) mass is 403 g/mol. The van der Waals surface area contributed by atoms with Crippen LogP contribution in [0.5, 0.6) is 0 Å². The van der Waals surface area contributed by atoms with Gasteiger partial charge in [-0.15, -0.1) is 11.3 Å². The number of hydrogen-bond acceptors (Lipinski definition) is 4. The Morgan fingerprint density at radius 1 is 1.25 bits per heavy atom. The standard InChI is InChI=1S/C18H18BrN3OS/c1-12(18-21-15-9-5-6-10-16(15)24-18)22(2)11-17(23)20-14-8-4-3-7-13(14)19/h3-10,12H,11H2,1-2H3,(H,20,23)/t12-/m1/s1. The molecule has 1 aromatic heterocycles. The number of amides is 1. The van der Waals surface area contributed by atoms with Crippen LogP contribution in [0.15, 0.2) is 53.0 Å². The van der Waals surface area contributed by atoms with Gasteiger partial charge in [0, 0.05) is 4.47 Å². The van der Waals surface area contributed by atoms with E-state index in [1.54, 1.807) is 11.3 Å². The van der Waals surface area contributed by atoms with E-state index >= 15 is 0 Å². The molecule has 0 fully saturated rings. The average Bonchev–Trinajstić information content (AvgIpc) is 3.00. The summed E-state index contributed by atoms with van der Waals surface area (Å²) < 4.78 is 2.05. The number of nitrogens with zero attached hydrogens (tertiary/aromatic N) is 2. The lowest BCUT2D eigenvalue weighted by Crippen LogP contribution is -2.32. The molecule has 6 heteroatoms. The molecule has 1 N–H and O–H groups in total. The van der Waals surface area contributed by atoms with Crippen LogP contribution in [0.4, 0.5) is 5.69 Å². The van der Waals surface area contributed by atoms with Crippen LogP contribution < -0.4 is 5.32 Å². The van der Waals surface area contributed by atoms with E-state index in [2.05, 4.69) is 39.2 Å². The van der Waals surface area contributed by atoms with Crippen molar-refractivity contribution in [2.45, 2.75) is 13.0 Å². The quantitative estimate of drug-likeness (QED) is 0.671. The molecule has 0 radical (unpaired) electrons. The number of anilines is 1. The maximum atomic E-state index is 12.3. The predicted molar refractivity (Wildman–Crippen MR) is 103 cm³/mol. The fourth-order valence-corrected chi connectivity index (χ4v) is 3.84. The number of para-hydroxylation sites is 2. The highest BCUT2D eigenvalue weighted by atomic mass is 79.9. The number of rotatable bonds is 5. The summed E-state index contributed by atoms with van der Waals surface area (Å²) in [6.45, 7) is 2.38. The van der Waals surface area contributed by atoms with E-state index in [1.807, 2.05) is 54.4 Å². The van der Waals surface area contributed by atoms with E-state index in [1.165, 1.54) is 4.70 Å². The van der Waals surface area contributed by atoms with Crippen LogP contribution in [0.1, 0.15) is 18.0 Å². The van der Waals surface area contributed by atoms with E-state index in [9.17, 15) is 4.79 Å². The van der Waals surface area contributed by atoms with Crippen LogP contribution in [-0.2, 0) is 4.79 Å². The van der Waals surface area contributed by atoms with Gasteiger partial charge in [-0.1, -0.05) is 24.3 Å². The second-order valence-corrected chi connectivity index (χ2v) is 7.56. The molecule has 1 amide bonds. The van der Waals surface area contributed by atoms with E-state index in [-0.39, 0.29) is 11.9 Å². The lowest BCUT2D eigenvalue weighted by Gasteiger charge is -2.22. The second-order valence-electron chi connectivity index (χ2n) is 5.64. The van der Waals surface area contributed by atoms with Gasteiger partial charge in [0.1, 0.15) is 5.01 Å². The van der Waals surface area contributed by atoms with Crippen LogP contribution in [0.3, 0.4) is 0 Å².